The Kier molecular flexibility index (Phi) is 4.22. The molecule has 6 heteroatoms. The monoisotopic (exact) mass is 303 g/mol. The second-order valence-electron chi connectivity index (χ2n) is 5.70. The number of nitro benzene ring substituents is 1. The topological polar surface area (TPSA) is 81.0 Å². The zero-order chi connectivity index (χ0) is 15.5. The highest BCUT2D eigenvalue weighted by molar-refractivity contribution is 5.69. The van der Waals surface area contributed by atoms with Crippen molar-refractivity contribution >= 4 is 5.69 Å². The number of hydrogen-bond acceptors (Lipinski definition) is 4. The van der Waals surface area contributed by atoms with Gasteiger partial charge in [0, 0.05) is 18.9 Å². The molecule has 2 N–H and O–H groups in total. The molecular formula is C16H19N2O4+. The average molecular weight is 303 g/mol. The minimum absolute atomic E-state index is 0.0526. The highest BCUT2D eigenvalue weighted by Crippen LogP contribution is 2.30. The van der Waals surface area contributed by atoms with Gasteiger partial charge < -0.3 is 14.4 Å². The fourth-order valence-corrected chi connectivity index (χ4v) is 2.89. The summed E-state index contributed by atoms with van der Waals surface area (Å²) in [5.41, 5.74) is 0.555. The van der Waals surface area contributed by atoms with E-state index in [0.717, 1.165) is 38.2 Å². The predicted molar refractivity (Wildman–Crippen MR) is 80.4 cm³/mol. The van der Waals surface area contributed by atoms with Crippen molar-refractivity contribution in [2.75, 3.05) is 13.1 Å². The minimum Gasteiger partial charge on any atom is -0.455 e. The van der Waals surface area contributed by atoms with Crippen molar-refractivity contribution in [2.45, 2.75) is 25.5 Å². The van der Waals surface area contributed by atoms with Crippen LogP contribution in [0.1, 0.15) is 18.6 Å². The molecule has 1 fully saturated rings. The number of benzene rings is 1. The van der Waals surface area contributed by atoms with Gasteiger partial charge in [0.05, 0.1) is 29.7 Å². The molecule has 6 nitrogen and oxygen atoms in total. The van der Waals surface area contributed by atoms with Crippen molar-refractivity contribution in [1.29, 1.82) is 0 Å². The van der Waals surface area contributed by atoms with Crippen molar-refractivity contribution in [1.82, 2.24) is 0 Å². The van der Waals surface area contributed by atoms with Gasteiger partial charge in [-0.1, -0.05) is 12.1 Å². The lowest BCUT2D eigenvalue weighted by molar-refractivity contribution is -0.920. The molecule has 1 aromatic heterocycles. The van der Waals surface area contributed by atoms with Crippen LogP contribution < -0.4 is 4.90 Å². The first-order chi connectivity index (χ1) is 10.6. The molecule has 22 heavy (non-hydrogen) atoms. The summed E-state index contributed by atoms with van der Waals surface area (Å²) >= 11 is 0. The van der Waals surface area contributed by atoms with E-state index in [1.165, 1.54) is 11.0 Å². The van der Waals surface area contributed by atoms with Gasteiger partial charge in [-0.15, -0.1) is 0 Å². The Labute approximate surface area is 128 Å². The highest BCUT2D eigenvalue weighted by atomic mass is 16.6. The van der Waals surface area contributed by atoms with E-state index in [-0.39, 0.29) is 11.8 Å². The summed E-state index contributed by atoms with van der Waals surface area (Å²) in [7, 11) is 0. The van der Waals surface area contributed by atoms with Gasteiger partial charge in [0.2, 0.25) is 0 Å². The molecule has 2 heterocycles. The molecule has 1 aliphatic rings. The molecule has 2 aromatic rings. The molecule has 1 aliphatic heterocycles. The number of nitrogens with zero attached hydrogens (tertiary/aromatic N) is 1. The maximum absolute atomic E-state index is 11.1. The molecule has 0 unspecified atom stereocenters. The van der Waals surface area contributed by atoms with E-state index in [1.807, 2.05) is 6.07 Å². The van der Waals surface area contributed by atoms with Gasteiger partial charge in [-0.05, 0) is 18.2 Å². The summed E-state index contributed by atoms with van der Waals surface area (Å²) in [6.45, 7) is 2.58. The Bertz CT molecular complexity index is 660. The summed E-state index contributed by atoms with van der Waals surface area (Å²) in [5, 5.41) is 20.6. The van der Waals surface area contributed by atoms with Crippen molar-refractivity contribution in [3.63, 3.8) is 0 Å². The zero-order valence-corrected chi connectivity index (χ0v) is 12.2. The molecule has 0 amide bonds. The first-order valence-electron chi connectivity index (χ1n) is 7.47. The van der Waals surface area contributed by atoms with Crippen molar-refractivity contribution in [3.05, 3.63) is 52.3 Å². The second kappa shape index (κ2) is 6.29. The quantitative estimate of drug-likeness (QED) is 0.661. The van der Waals surface area contributed by atoms with Crippen LogP contribution in [-0.2, 0) is 6.54 Å². The fraction of sp³-hybridized carbons (Fsp3) is 0.375. The largest absolute Gasteiger partial charge is 0.455 e. The van der Waals surface area contributed by atoms with E-state index in [1.54, 1.807) is 24.3 Å². The number of likely N-dealkylation sites (tertiary alicyclic amines) is 1. The molecule has 0 radical (unpaired) electrons. The zero-order valence-electron chi connectivity index (χ0n) is 12.2. The molecule has 116 valence electrons. The normalized spacial score (nSPS) is 21.7. The fourth-order valence-electron chi connectivity index (χ4n) is 2.89. The van der Waals surface area contributed by atoms with E-state index in [0.29, 0.717) is 11.3 Å². The number of rotatable bonds is 4. The molecule has 0 spiro atoms. The lowest BCUT2D eigenvalue weighted by atomic mass is 10.1. The summed E-state index contributed by atoms with van der Waals surface area (Å²) in [6, 6.07) is 10.3. The number of nitrogens with one attached hydrogen (secondary N) is 1. The number of hydrogen-bond donors (Lipinski definition) is 2. The Morgan fingerprint density at radius 1 is 1.23 bits per heavy atom. The predicted octanol–water partition coefficient (Wildman–Crippen LogP) is 1.39. The molecule has 1 saturated heterocycles. The summed E-state index contributed by atoms with van der Waals surface area (Å²) in [4.78, 5) is 12.1. The third-order valence-electron chi connectivity index (χ3n) is 4.11. The van der Waals surface area contributed by atoms with E-state index in [2.05, 4.69) is 0 Å². The van der Waals surface area contributed by atoms with E-state index < -0.39 is 4.92 Å². The summed E-state index contributed by atoms with van der Waals surface area (Å²) in [5.74, 6) is 1.35. The maximum Gasteiger partial charge on any atom is 0.280 e. The lowest BCUT2D eigenvalue weighted by Gasteiger charge is -2.25. The SMILES string of the molecule is O=[N+]([O-])c1ccccc1-c1ccc(C[NH+]2CCC(O)CC2)o1. The summed E-state index contributed by atoms with van der Waals surface area (Å²) < 4.78 is 5.80. The Morgan fingerprint density at radius 3 is 2.68 bits per heavy atom. The minimum atomic E-state index is -0.394. The van der Waals surface area contributed by atoms with Crippen LogP contribution in [-0.4, -0.2) is 29.2 Å². The Hall–Kier alpha value is -2.18. The van der Waals surface area contributed by atoms with Crippen LogP contribution >= 0.6 is 0 Å². The Morgan fingerprint density at radius 2 is 1.95 bits per heavy atom. The molecule has 0 bridgehead atoms. The van der Waals surface area contributed by atoms with Gasteiger partial charge in [-0.3, -0.25) is 10.1 Å². The average Bonchev–Trinajstić information content (AvgIpc) is 2.98. The molecule has 0 saturated carbocycles. The number of aliphatic hydroxyl groups is 1. The van der Waals surface area contributed by atoms with E-state index in [4.69, 9.17) is 4.42 Å². The van der Waals surface area contributed by atoms with Crippen LogP contribution in [0.2, 0.25) is 0 Å². The van der Waals surface area contributed by atoms with Crippen LogP contribution in [0.25, 0.3) is 11.3 Å². The van der Waals surface area contributed by atoms with Gasteiger partial charge >= 0.3 is 0 Å². The molecule has 3 rings (SSSR count). The van der Waals surface area contributed by atoms with Gasteiger partial charge in [0.25, 0.3) is 5.69 Å². The van der Waals surface area contributed by atoms with Crippen molar-refractivity contribution in [2.24, 2.45) is 0 Å². The van der Waals surface area contributed by atoms with E-state index >= 15 is 0 Å². The molecule has 0 atom stereocenters. The van der Waals surface area contributed by atoms with Crippen LogP contribution in [0.3, 0.4) is 0 Å². The van der Waals surface area contributed by atoms with Crippen molar-refractivity contribution in [3.8, 4) is 11.3 Å². The molecule has 0 aliphatic carbocycles. The van der Waals surface area contributed by atoms with E-state index in [9.17, 15) is 15.2 Å². The third kappa shape index (κ3) is 3.18. The standard InChI is InChI=1S/C16H18N2O4/c19-12-7-9-17(10-8-12)11-13-5-6-16(22-13)14-3-1-2-4-15(14)18(20)21/h1-6,12,19H,7-11H2/p+1. The van der Waals surface area contributed by atoms with Gasteiger partial charge in [-0.2, -0.15) is 0 Å². The first-order valence-corrected chi connectivity index (χ1v) is 7.47. The summed E-state index contributed by atoms with van der Waals surface area (Å²) in [6.07, 6.45) is 1.45. The number of para-hydroxylation sites is 1. The smallest absolute Gasteiger partial charge is 0.280 e. The van der Waals surface area contributed by atoms with Crippen LogP contribution in [0.5, 0.6) is 0 Å². The Balaban J connectivity index is 1.75. The number of piperidine rings is 1. The highest BCUT2D eigenvalue weighted by Gasteiger charge is 2.22. The van der Waals surface area contributed by atoms with Gasteiger partial charge in [0.1, 0.15) is 12.3 Å². The molecular weight excluding hydrogens is 284 g/mol. The van der Waals surface area contributed by atoms with Crippen molar-refractivity contribution < 1.29 is 19.3 Å². The van der Waals surface area contributed by atoms with Gasteiger partial charge in [0.15, 0.2) is 5.76 Å². The number of furan rings is 1. The second-order valence-corrected chi connectivity index (χ2v) is 5.70. The first kappa shape index (κ1) is 14.7. The number of nitro groups is 1. The van der Waals surface area contributed by atoms with Gasteiger partial charge in [-0.25, -0.2) is 0 Å². The van der Waals surface area contributed by atoms with Crippen LogP contribution in [0, 0.1) is 10.1 Å². The molecule has 1 aromatic carbocycles. The maximum atomic E-state index is 11.1. The number of quaternary nitrogens is 1. The number of aliphatic hydroxyl groups excluding tert-OH is 1. The third-order valence-corrected chi connectivity index (χ3v) is 4.11. The van der Waals surface area contributed by atoms with Crippen LogP contribution in [0.4, 0.5) is 5.69 Å². The lowest BCUT2D eigenvalue weighted by Crippen LogP contribution is -3.12. The van der Waals surface area contributed by atoms with Crippen LogP contribution in [0.15, 0.2) is 40.8 Å².